The lowest BCUT2D eigenvalue weighted by atomic mass is 10.2. The normalized spacial score (nSPS) is 10.7. The van der Waals surface area contributed by atoms with E-state index in [-0.39, 0.29) is 0 Å². The highest BCUT2D eigenvalue weighted by Crippen LogP contribution is 2.26. The molecule has 0 amide bonds. The van der Waals surface area contributed by atoms with Crippen LogP contribution >= 0.6 is 11.6 Å². The van der Waals surface area contributed by atoms with Gasteiger partial charge in [0.1, 0.15) is 5.82 Å². The minimum absolute atomic E-state index is 0.388. The summed E-state index contributed by atoms with van der Waals surface area (Å²) in [7, 11) is 0. The molecule has 0 aliphatic carbocycles. The predicted octanol–water partition coefficient (Wildman–Crippen LogP) is 2.94. The molecule has 84 valence electrons. The number of nitrogens with zero attached hydrogens (tertiary/aromatic N) is 2. The molecule has 0 unspecified atom stereocenters. The van der Waals surface area contributed by atoms with Crippen LogP contribution < -0.4 is 10.6 Å². The number of nitrogens with two attached hydrogens (primary N) is 1. The average molecular weight is 228 g/mol. The van der Waals surface area contributed by atoms with Gasteiger partial charge in [-0.15, -0.1) is 0 Å². The maximum Gasteiger partial charge on any atom is 0.147 e. The molecule has 1 aromatic rings. The fraction of sp³-hybridized carbons (Fsp3) is 0.545. The summed E-state index contributed by atoms with van der Waals surface area (Å²) in [6, 6.07) is 2.13. The molecule has 0 saturated carbocycles. The minimum atomic E-state index is 0.388. The Bertz CT molecular complexity index is 326. The molecule has 4 heteroatoms. The van der Waals surface area contributed by atoms with E-state index in [9.17, 15) is 0 Å². The van der Waals surface area contributed by atoms with Crippen LogP contribution in [0.3, 0.4) is 0 Å². The highest BCUT2D eigenvalue weighted by atomic mass is 35.5. The van der Waals surface area contributed by atoms with Gasteiger partial charge in [-0.3, -0.25) is 0 Å². The summed E-state index contributed by atoms with van der Waals surface area (Å²) in [4.78, 5) is 6.47. The Kier molecular flexibility index (Phi) is 4.21. The molecule has 0 spiro atoms. The average Bonchev–Trinajstić information content (AvgIpc) is 2.15. The lowest BCUT2D eigenvalue weighted by molar-refractivity contribution is 0.662. The van der Waals surface area contributed by atoms with Crippen molar-refractivity contribution < 1.29 is 0 Å². The SMILES string of the molecule is CCCN(c1ncc(N)cc1Cl)C(C)C. The van der Waals surface area contributed by atoms with Crippen LogP contribution in [0.25, 0.3) is 0 Å². The Balaban J connectivity index is 3.00. The number of aromatic nitrogens is 1. The van der Waals surface area contributed by atoms with Crippen LogP contribution in [0, 0.1) is 0 Å². The standard InChI is InChI=1S/C11H18ClN3/c1-4-5-15(8(2)3)11-10(12)6-9(13)7-14-11/h6-8H,4-5,13H2,1-3H3. The number of hydrogen-bond donors (Lipinski definition) is 1. The van der Waals surface area contributed by atoms with E-state index in [2.05, 4.69) is 30.7 Å². The van der Waals surface area contributed by atoms with Gasteiger partial charge in [0.05, 0.1) is 16.9 Å². The summed E-state index contributed by atoms with van der Waals surface area (Å²) in [5, 5.41) is 0.622. The van der Waals surface area contributed by atoms with E-state index in [4.69, 9.17) is 17.3 Å². The summed E-state index contributed by atoms with van der Waals surface area (Å²) in [6.45, 7) is 7.35. The smallest absolute Gasteiger partial charge is 0.147 e. The highest BCUT2D eigenvalue weighted by molar-refractivity contribution is 6.33. The molecule has 0 aromatic carbocycles. The molecule has 0 radical (unpaired) electrons. The Morgan fingerprint density at radius 2 is 2.20 bits per heavy atom. The van der Waals surface area contributed by atoms with Gasteiger partial charge in [0, 0.05) is 12.6 Å². The van der Waals surface area contributed by atoms with Crippen molar-refractivity contribution >= 4 is 23.1 Å². The van der Waals surface area contributed by atoms with E-state index in [1.165, 1.54) is 0 Å². The molecule has 0 atom stereocenters. The molecular formula is C11H18ClN3. The van der Waals surface area contributed by atoms with E-state index in [0.717, 1.165) is 18.8 Å². The van der Waals surface area contributed by atoms with Gasteiger partial charge in [-0.1, -0.05) is 18.5 Å². The third-order valence-electron chi connectivity index (χ3n) is 2.20. The van der Waals surface area contributed by atoms with Crippen LogP contribution in [0.4, 0.5) is 11.5 Å². The van der Waals surface area contributed by atoms with E-state index < -0.39 is 0 Å². The summed E-state index contributed by atoms with van der Waals surface area (Å²) < 4.78 is 0. The summed E-state index contributed by atoms with van der Waals surface area (Å²) in [5.41, 5.74) is 6.21. The quantitative estimate of drug-likeness (QED) is 0.860. The largest absolute Gasteiger partial charge is 0.397 e. The second kappa shape index (κ2) is 5.21. The zero-order valence-corrected chi connectivity index (χ0v) is 10.3. The number of rotatable bonds is 4. The number of pyridine rings is 1. The van der Waals surface area contributed by atoms with Crippen LogP contribution in [0.5, 0.6) is 0 Å². The predicted molar refractivity (Wildman–Crippen MR) is 66.4 cm³/mol. The van der Waals surface area contributed by atoms with Crippen LogP contribution in [0.1, 0.15) is 27.2 Å². The van der Waals surface area contributed by atoms with Crippen LogP contribution in [-0.2, 0) is 0 Å². The van der Waals surface area contributed by atoms with Crippen molar-refractivity contribution in [3.8, 4) is 0 Å². The van der Waals surface area contributed by atoms with Crippen molar-refractivity contribution in [2.45, 2.75) is 33.2 Å². The van der Waals surface area contributed by atoms with Gasteiger partial charge in [0.25, 0.3) is 0 Å². The zero-order chi connectivity index (χ0) is 11.4. The van der Waals surface area contributed by atoms with Crippen LogP contribution in [0.15, 0.2) is 12.3 Å². The van der Waals surface area contributed by atoms with Gasteiger partial charge in [0.2, 0.25) is 0 Å². The number of hydrogen-bond acceptors (Lipinski definition) is 3. The van der Waals surface area contributed by atoms with Crippen molar-refractivity contribution in [3.63, 3.8) is 0 Å². The molecule has 0 fully saturated rings. The number of halogens is 1. The van der Waals surface area contributed by atoms with Crippen LogP contribution in [0.2, 0.25) is 5.02 Å². The van der Waals surface area contributed by atoms with Gasteiger partial charge < -0.3 is 10.6 Å². The number of nitrogen functional groups attached to an aromatic ring is 1. The molecular weight excluding hydrogens is 210 g/mol. The molecule has 3 nitrogen and oxygen atoms in total. The third-order valence-corrected chi connectivity index (χ3v) is 2.48. The van der Waals surface area contributed by atoms with Crippen molar-refractivity contribution in [1.82, 2.24) is 4.98 Å². The Hall–Kier alpha value is -0.960. The maximum atomic E-state index is 6.12. The second-order valence-electron chi connectivity index (χ2n) is 3.86. The lowest BCUT2D eigenvalue weighted by Crippen LogP contribution is -2.32. The van der Waals surface area contributed by atoms with Gasteiger partial charge in [-0.25, -0.2) is 4.98 Å². The minimum Gasteiger partial charge on any atom is -0.397 e. The third kappa shape index (κ3) is 2.99. The summed E-state index contributed by atoms with van der Waals surface area (Å²) in [5.74, 6) is 0.822. The fourth-order valence-corrected chi connectivity index (χ4v) is 1.79. The lowest BCUT2D eigenvalue weighted by Gasteiger charge is -2.28. The summed E-state index contributed by atoms with van der Waals surface area (Å²) in [6.07, 6.45) is 2.72. The van der Waals surface area contributed by atoms with Gasteiger partial charge in [-0.2, -0.15) is 0 Å². The Labute approximate surface area is 96.2 Å². The Morgan fingerprint density at radius 3 is 2.67 bits per heavy atom. The zero-order valence-electron chi connectivity index (χ0n) is 9.50. The van der Waals surface area contributed by atoms with Gasteiger partial charge >= 0.3 is 0 Å². The Morgan fingerprint density at radius 1 is 1.53 bits per heavy atom. The molecule has 2 N–H and O–H groups in total. The molecule has 15 heavy (non-hydrogen) atoms. The first-order valence-corrected chi connectivity index (χ1v) is 5.61. The molecule has 1 rings (SSSR count). The van der Waals surface area contributed by atoms with Crippen molar-refractivity contribution in [1.29, 1.82) is 0 Å². The molecule has 1 heterocycles. The molecule has 0 aliphatic rings. The molecule has 0 bridgehead atoms. The molecule has 0 aliphatic heterocycles. The van der Waals surface area contributed by atoms with Gasteiger partial charge in [-0.05, 0) is 26.3 Å². The number of anilines is 2. The van der Waals surface area contributed by atoms with Gasteiger partial charge in [0.15, 0.2) is 0 Å². The van der Waals surface area contributed by atoms with E-state index in [0.29, 0.717) is 16.8 Å². The second-order valence-corrected chi connectivity index (χ2v) is 4.27. The highest BCUT2D eigenvalue weighted by Gasteiger charge is 2.14. The maximum absolute atomic E-state index is 6.12. The topological polar surface area (TPSA) is 42.2 Å². The monoisotopic (exact) mass is 227 g/mol. The van der Waals surface area contributed by atoms with E-state index in [1.54, 1.807) is 12.3 Å². The van der Waals surface area contributed by atoms with Crippen molar-refractivity contribution in [2.24, 2.45) is 0 Å². The van der Waals surface area contributed by atoms with Crippen molar-refractivity contribution in [3.05, 3.63) is 17.3 Å². The van der Waals surface area contributed by atoms with Crippen LogP contribution in [-0.4, -0.2) is 17.6 Å². The first kappa shape index (κ1) is 12.1. The van der Waals surface area contributed by atoms with Crippen molar-refractivity contribution in [2.75, 3.05) is 17.2 Å². The first-order chi connectivity index (χ1) is 7.06. The summed E-state index contributed by atoms with van der Waals surface area (Å²) >= 11 is 6.12. The molecule has 1 aromatic heterocycles. The van der Waals surface area contributed by atoms with E-state index >= 15 is 0 Å². The first-order valence-electron chi connectivity index (χ1n) is 5.24. The molecule has 0 saturated heterocycles. The fourth-order valence-electron chi connectivity index (χ4n) is 1.51. The van der Waals surface area contributed by atoms with E-state index in [1.807, 2.05) is 0 Å².